The molecule has 1 saturated heterocycles. The Morgan fingerprint density at radius 2 is 1.44 bits per heavy atom. The number of halogens is 3. The molecule has 0 aliphatic carbocycles. The van der Waals surface area contributed by atoms with Crippen molar-refractivity contribution in [2.24, 2.45) is 0 Å². The molecule has 0 N–H and O–H groups in total. The predicted octanol–water partition coefficient (Wildman–Crippen LogP) is 1.49. The lowest BCUT2D eigenvalue weighted by atomic mass is 10.3. The first-order valence-corrected chi connectivity index (χ1v) is 4.57. The summed E-state index contributed by atoms with van der Waals surface area (Å²) >= 11 is 0. The second kappa shape index (κ2) is 8.82. The Balaban J connectivity index is 0. The van der Waals surface area contributed by atoms with Crippen LogP contribution in [0.15, 0.2) is 18.5 Å². The molecule has 0 unspecified atom stereocenters. The quantitative estimate of drug-likeness (QED) is 0.783. The largest absolute Gasteiger partial charge is 0.338 e. The summed E-state index contributed by atoms with van der Waals surface area (Å²) in [5, 5.41) is 0. The average molecular weight is 288 g/mol. The lowest BCUT2D eigenvalue weighted by Gasteiger charge is -2.32. The topological polar surface area (TPSA) is 32.3 Å². The molecule has 0 bridgehead atoms. The van der Waals surface area contributed by atoms with Crippen LogP contribution in [0.1, 0.15) is 0 Å². The molecule has 0 aromatic carbocycles. The van der Waals surface area contributed by atoms with E-state index in [1.54, 1.807) is 12.4 Å². The van der Waals surface area contributed by atoms with Crippen LogP contribution in [0.25, 0.3) is 0 Å². The number of aromatic nitrogens is 2. The van der Waals surface area contributed by atoms with Gasteiger partial charge in [-0.05, 0) is 13.1 Å². The van der Waals surface area contributed by atoms with Crippen LogP contribution < -0.4 is 4.90 Å². The van der Waals surface area contributed by atoms with Crippen LogP contribution in [0.5, 0.6) is 0 Å². The van der Waals surface area contributed by atoms with E-state index in [9.17, 15) is 0 Å². The van der Waals surface area contributed by atoms with E-state index in [1.165, 1.54) is 0 Å². The number of nitrogens with zero attached hydrogens (tertiary/aromatic N) is 4. The summed E-state index contributed by atoms with van der Waals surface area (Å²) in [6.07, 6.45) is 3.58. The SMILES string of the molecule is CN1CCN(c2ncccn2)CC1.Cl.Cl.Cl. The predicted molar refractivity (Wildman–Crippen MR) is 73.5 cm³/mol. The molecule has 1 aromatic heterocycles. The molecule has 0 spiro atoms. The summed E-state index contributed by atoms with van der Waals surface area (Å²) in [6.45, 7) is 4.25. The zero-order chi connectivity index (χ0) is 9.10. The van der Waals surface area contributed by atoms with E-state index in [0.29, 0.717) is 0 Å². The Labute approximate surface area is 115 Å². The van der Waals surface area contributed by atoms with Crippen LogP contribution in [0.4, 0.5) is 5.95 Å². The molecule has 0 amide bonds. The molecule has 1 fully saturated rings. The van der Waals surface area contributed by atoms with Crippen molar-refractivity contribution in [3.8, 4) is 0 Å². The third-order valence-electron chi connectivity index (χ3n) is 2.34. The summed E-state index contributed by atoms with van der Waals surface area (Å²) in [6, 6.07) is 1.85. The van der Waals surface area contributed by atoms with E-state index in [2.05, 4.69) is 26.8 Å². The van der Waals surface area contributed by atoms with Gasteiger partial charge < -0.3 is 9.80 Å². The molecule has 16 heavy (non-hydrogen) atoms. The van der Waals surface area contributed by atoms with Gasteiger partial charge in [-0.3, -0.25) is 0 Å². The highest BCUT2D eigenvalue weighted by Gasteiger charge is 2.15. The number of hydrogen-bond acceptors (Lipinski definition) is 4. The van der Waals surface area contributed by atoms with Gasteiger partial charge in [-0.1, -0.05) is 0 Å². The fraction of sp³-hybridized carbons (Fsp3) is 0.556. The monoisotopic (exact) mass is 286 g/mol. The maximum Gasteiger partial charge on any atom is 0.225 e. The third kappa shape index (κ3) is 4.70. The van der Waals surface area contributed by atoms with Crippen molar-refractivity contribution >= 4 is 43.2 Å². The molecule has 4 nitrogen and oxygen atoms in total. The number of piperazine rings is 1. The van der Waals surface area contributed by atoms with Gasteiger partial charge in [0.2, 0.25) is 5.95 Å². The van der Waals surface area contributed by atoms with Crippen LogP contribution in [0.2, 0.25) is 0 Å². The summed E-state index contributed by atoms with van der Waals surface area (Å²) in [5.74, 6) is 0.857. The zero-order valence-electron chi connectivity index (χ0n) is 9.07. The molecule has 94 valence electrons. The molecule has 2 heterocycles. The van der Waals surface area contributed by atoms with Crippen molar-refractivity contribution in [2.75, 3.05) is 38.1 Å². The normalized spacial score (nSPS) is 15.4. The summed E-state index contributed by atoms with van der Waals surface area (Å²) in [7, 11) is 2.14. The molecule has 0 atom stereocenters. The number of rotatable bonds is 1. The van der Waals surface area contributed by atoms with Crippen LogP contribution >= 0.6 is 37.2 Å². The van der Waals surface area contributed by atoms with Gasteiger partial charge in [0.15, 0.2) is 0 Å². The lowest BCUT2D eigenvalue weighted by Crippen LogP contribution is -2.45. The molecule has 1 aromatic rings. The number of anilines is 1. The van der Waals surface area contributed by atoms with Crippen LogP contribution in [0.3, 0.4) is 0 Å². The van der Waals surface area contributed by atoms with E-state index in [4.69, 9.17) is 0 Å². The van der Waals surface area contributed by atoms with E-state index < -0.39 is 0 Å². The standard InChI is InChI=1S/C9H14N4.3ClH/c1-12-5-7-13(8-6-12)9-10-3-2-4-11-9;;;/h2-4H,5-8H2,1H3;3*1H. The van der Waals surface area contributed by atoms with Crippen LogP contribution in [-0.4, -0.2) is 48.1 Å². The van der Waals surface area contributed by atoms with Crippen molar-refractivity contribution < 1.29 is 0 Å². The van der Waals surface area contributed by atoms with E-state index in [0.717, 1.165) is 32.1 Å². The second-order valence-electron chi connectivity index (χ2n) is 3.34. The summed E-state index contributed by atoms with van der Waals surface area (Å²) < 4.78 is 0. The Bertz CT molecular complexity index is 265. The fourth-order valence-electron chi connectivity index (χ4n) is 1.46. The van der Waals surface area contributed by atoms with E-state index in [-0.39, 0.29) is 37.2 Å². The minimum Gasteiger partial charge on any atom is -0.338 e. The number of likely N-dealkylation sites (N-methyl/N-ethyl adjacent to an activating group) is 1. The van der Waals surface area contributed by atoms with Crippen LogP contribution in [-0.2, 0) is 0 Å². The molecule has 1 aliphatic rings. The Kier molecular flexibility index (Phi) is 9.96. The molecule has 0 radical (unpaired) electrons. The summed E-state index contributed by atoms with van der Waals surface area (Å²) in [4.78, 5) is 13.0. The molecule has 7 heteroatoms. The third-order valence-corrected chi connectivity index (χ3v) is 2.34. The maximum atomic E-state index is 4.22. The van der Waals surface area contributed by atoms with Gasteiger partial charge in [0, 0.05) is 38.6 Å². The Morgan fingerprint density at radius 3 is 1.94 bits per heavy atom. The first kappa shape index (κ1) is 18.1. The number of hydrogen-bond donors (Lipinski definition) is 0. The highest BCUT2D eigenvalue weighted by atomic mass is 35.5. The van der Waals surface area contributed by atoms with Crippen molar-refractivity contribution in [2.45, 2.75) is 0 Å². The minimum absolute atomic E-state index is 0. The van der Waals surface area contributed by atoms with Gasteiger partial charge in [-0.15, -0.1) is 37.2 Å². The lowest BCUT2D eigenvalue weighted by molar-refractivity contribution is 0.311. The Morgan fingerprint density at radius 1 is 0.938 bits per heavy atom. The smallest absolute Gasteiger partial charge is 0.225 e. The van der Waals surface area contributed by atoms with Gasteiger partial charge >= 0.3 is 0 Å². The molecular weight excluding hydrogens is 270 g/mol. The first-order valence-electron chi connectivity index (χ1n) is 4.57. The minimum atomic E-state index is 0. The van der Waals surface area contributed by atoms with Gasteiger partial charge in [0.05, 0.1) is 0 Å². The first-order chi connectivity index (χ1) is 6.36. The molecular formula is C9H17Cl3N4. The zero-order valence-corrected chi connectivity index (χ0v) is 11.5. The average Bonchev–Trinajstić information content (AvgIpc) is 2.20. The maximum absolute atomic E-state index is 4.22. The molecule has 0 saturated carbocycles. The molecule has 1 aliphatic heterocycles. The van der Waals surface area contributed by atoms with Crippen molar-refractivity contribution in [3.05, 3.63) is 18.5 Å². The second-order valence-corrected chi connectivity index (χ2v) is 3.34. The van der Waals surface area contributed by atoms with Gasteiger partial charge in [-0.25, -0.2) is 9.97 Å². The summed E-state index contributed by atoms with van der Waals surface area (Å²) in [5.41, 5.74) is 0. The van der Waals surface area contributed by atoms with Gasteiger partial charge in [-0.2, -0.15) is 0 Å². The van der Waals surface area contributed by atoms with Crippen LogP contribution in [0, 0.1) is 0 Å². The van der Waals surface area contributed by atoms with Crippen molar-refractivity contribution in [1.29, 1.82) is 0 Å². The Hall–Kier alpha value is -0.290. The highest BCUT2D eigenvalue weighted by molar-refractivity contribution is 5.86. The van der Waals surface area contributed by atoms with Gasteiger partial charge in [0.1, 0.15) is 0 Å². The fourth-order valence-corrected chi connectivity index (χ4v) is 1.46. The van der Waals surface area contributed by atoms with Gasteiger partial charge in [0.25, 0.3) is 0 Å². The van der Waals surface area contributed by atoms with Crippen molar-refractivity contribution in [1.82, 2.24) is 14.9 Å². The van der Waals surface area contributed by atoms with Crippen molar-refractivity contribution in [3.63, 3.8) is 0 Å². The highest BCUT2D eigenvalue weighted by Crippen LogP contribution is 2.07. The van der Waals surface area contributed by atoms with E-state index >= 15 is 0 Å². The van der Waals surface area contributed by atoms with E-state index in [1.807, 2.05) is 6.07 Å². The molecule has 2 rings (SSSR count).